The van der Waals surface area contributed by atoms with Crippen LogP contribution in [0.2, 0.25) is 0 Å². The molecule has 1 radical (unpaired) electrons. The summed E-state index contributed by atoms with van der Waals surface area (Å²) in [6.45, 7) is 0. The monoisotopic (exact) mass is 133 g/mol. The summed E-state index contributed by atoms with van der Waals surface area (Å²) >= 11 is 0. The fourth-order valence-corrected chi connectivity index (χ4v) is 0.789. The first-order chi connectivity index (χ1) is 4.97. The van der Waals surface area contributed by atoms with Gasteiger partial charge in [-0.1, -0.05) is 0 Å². The molecule has 2 aromatic heterocycles. The van der Waals surface area contributed by atoms with Crippen LogP contribution >= 0.6 is 0 Å². The lowest BCUT2D eigenvalue weighted by molar-refractivity contribution is 0.524. The van der Waals surface area contributed by atoms with Crippen LogP contribution in [0.1, 0.15) is 0 Å². The Morgan fingerprint density at radius 3 is 2.80 bits per heavy atom. The second-order valence-corrected chi connectivity index (χ2v) is 1.89. The van der Waals surface area contributed by atoms with Crippen LogP contribution in [0, 0.1) is 6.07 Å². The zero-order chi connectivity index (χ0) is 6.81. The second kappa shape index (κ2) is 2.06. The molecule has 0 aliphatic heterocycles. The van der Waals surface area contributed by atoms with E-state index < -0.39 is 0 Å². The Labute approximate surface area is 58.1 Å². The van der Waals surface area contributed by atoms with Crippen molar-refractivity contribution in [1.82, 2.24) is 0 Å². The highest BCUT2D eigenvalue weighted by atomic mass is 16.4. The Morgan fingerprint density at radius 2 is 2.20 bits per heavy atom. The quantitative estimate of drug-likeness (QED) is 0.596. The van der Waals surface area contributed by atoms with Crippen molar-refractivity contribution < 1.29 is 8.83 Å². The Hall–Kier alpha value is -1.44. The number of hydrogen-bond acceptors (Lipinski definition) is 2. The van der Waals surface area contributed by atoms with E-state index in [9.17, 15) is 0 Å². The minimum absolute atomic E-state index is 0.713. The third-order valence-corrected chi connectivity index (χ3v) is 1.23. The van der Waals surface area contributed by atoms with Gasteiger partial charge in [0.2, 0.25) is 0 Å². The molecule has 49 valence electrons. The van der Waals surface area contributed by atoms with Crippen molar-refractivity contribution in [3.05, 3.63) is 36.8 Å². The predicted octanol–water partition coefficient (Wildman–Crippen LogP) is 2.34. The molecule has 0 aliphatic carbocycles. The average molecular weight is 133 g/mol. The van der Waals surface area contributed by atoms with Gasteiger partial charge in [0.25, 0.3) is 0 Å². The summed E-state index contributed by atoms with van der Waals surface area (Å²) < 4.78 is 10.1. The number of hydrogen-bond donors (Lipinski definition) is 0. The zero-order valence-electron chi connectivity index (χ0n) is 5.20. The van der Waals surface area contributed by atoms with Crippen LogP contribution in [0.5, 0.6) is 0 Å². The summed E-state index contributed by atoms with van der Waals surface area (Å²) in [4.78, 5) is 0. The number of rotatable bonds is 1. The van der Waals surface area contributed by atoms with Gasteiger partial charge in [0, 0.05) is 6.07 Å². The van der Waals surface area contributed by atoms with Crippen LogP contribution in [-0.2, 0) is 0 Å². The molecule has 0 unspecified atom stereocenters. The van der Waals surface area contributed by atoms with E-state index >= 15 is 0 Å². The first-order valence-corrected chi connectivity index (χ1v) is 2.95. The summed E-state index contributed by atoms with van der Waals surface area (Å²) in [6.07, 6.45) is 3.11. The van der Waals surface area contributed by atoms with E-state index in [0.29, 0.717) is 5.76 Å². The smallest absolute Gasteiger partial charge is 0.169 e. The van der Waals surface area contributed by atoms with E-state index in [1.807, 2.05) is 12.1 Å². The highest BCUT2D eigenvalue weighted by molar-refractivity contribution is 5.48. The van der Waals surface area contributed by atoms with Gasteiger partial charge in [0.05, 0.1) is 12.5 Å². The summed E-state index contributed by atoms with van der Waals surface area (Å²) in [5.74, 6) is 1.45. The Morgan fingerprint density at radius 1 is 1.20 bits per heavy atom. The molecule has 2 rings (SSSR count). The maximum Gasteiger partial charge on any atom is 0.169 e. The molecule has 0 spiro atoms. The zero-order valence-corrected chi connectivity index (χ0v) is 5.20. The van der Waals surface area contributed by atoms with Gasteiger partial charge in [-0.15, -0.1) is 0 Å². The molecule has 0 aromatic carbocycles. The van der Waals surface area contributed by atoms with Crippen molar-refractivity contribution in [3.8, 4) is 11.5 Å². The van der Waals surface area contributed by atoms with Crippen LogP contribution in [0.4, 0.5) is 0 Å². The summed E-state index contributed by atoms with van der Waals surface area (Å²) in [5, 5.41) is 0. The van der Waals surface area contributed by atoms with Gasteiger partial charge in [-0.2, -0.15) is 0 Å². The van der Waals surface area contributed by atoms with Crippen molar-refractivity contribution in [1.29, 1.82) is 0 Å². The molecule has 0 saturated heterocycles. The van der Waals surface area contributed by atoms with Crippen molar-refractivity contribution in [3.63, 3.8) is 0 Å². The maximum absolute atomic E-state index is 5.06. The molecule has 0 bridgehead atoms. The van der Waals surface area contributed by atoms with Crippen molar-refractivity contribution in [2.75, 3.05) is 0 Å². The minimum Gasteiger partial charge on any atom is -0.461 e. The summed E-state index contributed by atoms with van der Waals surface area (Å²) in [7, 11) is 0. The van der Waals surface area contributed by atoms with Gasteiger partial charge in [-0.05, 0) is 18.2 Å². The molecule has 0 saturated carbocycles. The van der Waals surface area contributed by atoms with E-state index in [2.05, 4.69) is 6.07 Å². The fourth-order valence-electron chi connectivity index (χ4n) is 0.789. The molecule has 2 heterocycles. The largest absolute Gasteiger partial charge is 0.461 e. The van der Waals surface area contributed by atoms with E-state index in [4.69, 9.17) is 8.83 Å². The third-order valence-electron chi connectivity index (χ3n) is 1.23. The van der Waals surface area contributed by atoms with Crippen LogP contribution in [-0.4, -0.2) is 0 Å². The Kier molecular flexibility index (Phi) is 1.10. The SMILES string of the molecule is [c]1coc(-c2ccco2)c1. The molecule has 2 nitrogen and oxygen atoms in total. The number of furan rings is 2. The summed E-state index contributed by atoms with van der Waals surface area (Å²) in [6, 6.07) is 8.18. The lowest BCUT2D eigenvalue weighted by Gasteiger charge is -1.84. The minimum atomic E-state index is 0.713. The maximum atomic E-state index is 5.06. The summed E-state index contributed by atoms with van der Waals surface area (Å²) in [5.41, 5.74) is 0. The van der Waals surface area contributed by atoms with Crippen LogP contribution in [0.25, 0.3) is 11.5 Å². The molecule has 0 atom stereocenters. The molecule has 2 aromatic rings. The topological polar surface area (TPSA) is 26.3 Å². The van der Waals surface area contributed by atoms with Gasteiger partial charge in [-0.25, -0.2) is 0 Å². The molecule has 0 amide bonds. The second-order valence-electron chi connectivity index (χ2n) is 1.89. The van der Waals surface area contributed by atoms with Gasteiger partial charge in [0.1, 0.15) is 0 Å². The predicted molar refractivity (Wildman–Crippen MR) is 35.2 cm³/mol. The molecular weight excluding hydrogens is 128 g/mol. The highest BCUT2D eigenvalue weighted by Crippen LogP contribution is 2.18. The lowest BCUT2D eigenvalue weighted by Crippen LogP contribution is -1.61. The van der Waals surface area contributed by atoms with E-state index in [0.717, 1.165) is 5.76 Å². The van der Waals surface area contributed by atoms with Crippen molar-refractivity contribution >= 4 is 0 Å². The molecule has 0 fully saturated rings. The molecule has 2 heteroatoms. The van der Waals surface area contributed by atoms with Gasteiger partial charge < -0.3 is 8.83 Å². The average Bonchev–Trinajstić information content (AvgIpc) is 2.59. The van der Waals surface area contributed by atoms with Gasteiger partial charge in [0.15, 0.2) is 11.5 Å². The third kappa shape index (κ3) is 0.739. The molecule has 10 heavy (non-hydrogen) atoms. The van der Waals surface area contributed by atoms with E-state index in [-0.39, 0.29) is 0 Å². The van der Waals surface area contributed by atoms with Gasteiger partial charge in [-0.3, -0.25) is 0 Å². The first-order valence-electron chi connectivity index (χ1n) is 2.95. The lowest BCUT2D eigenvalue weighted by atomic mass is 10.3. The van der Waals surface area contributed by atoms with Crippen LogP contribution in [0.3, 0.4) is 0 Å². The highest BCUT2D eigenvalue weighted by Gasteiger charge is 2.00. The van der Waals surface area contributed by atoms with Crippen molar-refractivity contribution in [2.45, 2.75) is 0 Å². The Balaban J connectivity index is 2.48. The fraction of sp³-hybridized carbons (Fsp3) is 0. The first kappa shape index (κ1) is 5.35. The Bertz CT molecular complexity index is 247. The normalized spacial score (nSPS) is 10.0. The molecule has 0 N–H and O–H groups in total. The van der Waals surface area contributed by atoms with Gasteiger partial charge >= 0.3 is 0 Å². The van der Waals surface area contributed by atoms with Crippen LogP contribution < -0.4 is 0 Å². The van der Waals surface area contributed by atoms with E-state index in [1.54, 1.807) is 12.3 Å². The molecular formula is C8H5O2. The van der Waals surface area contributed by atoms with Crippen LogP contribution in [0.15, 0.2) is 39.6 Å². The standard InChI is InChI=1S/C8H5O2/c1-3-7(9-5-1)8-4-2-6-10-8/h1,3-6H. The van der Waals surface area contributed by atoms with Crippen molar-refractivity contribution in [2.24, 2.45) is 0 Å². The van der Waals surface area contributed by atoms with E-state index in [1.165, 1.54) is 6.26 Å². The molecule has 0 aliphatic rings.